The third-order valence-corrected chi connectivity index (χ3v) is 3.13. The van der Waals surface area contributed by atoms with Crippen molar-refractivity contribution >= 4 is 6.03 Å². The molecule has 2 rings (SSSR count). The Kier molecular flexibility index (Phi) is 2.15. The average Bonchev–Trinajstić information content (AvgIpc) is 2.44. The van der Waals surface area contributed by atoms with Crippen LogP contribution in [-0.4, -0.2) is 43.3 Å². The zero-order valence-electron chi connectivity index (χ0n) is 8.01. The fourth-order valence-corrected chi connectivity index (χ4v) is 2.27. The summed E-state index contributed by atoms with van der Waals surface area (Å²) >= 11 is 0. The smallest absolute Gasteiger partial charge is 0.318 e. The van der Waals surface area contributed by atoms with Crippen LogP contribution in [0, 0.1) is 0 Å². The number of amides is 2. The predicted octanol–water partition coefficient (Wildman–Crippen LogP) is 0.581. The van der Waals surface area contributed by atoms with Gasteiger partial charge in [-0.05, 0) is 19.3 Å². The molecule has 4 nitrogen and oxygen atoms in total. The highest BCUT2D eigenvalue weighted by molar-refractivity contribution is 5.77. The van der Waals surface area contributed by atoms with E-state index in [9.17, 15) is 4.79 Å². The monoisotopic (exact) mass is 184 g/mol. The highest BCUT2D eigenvalue weighted by Gasteiger charge is 2.46. The van der Waals surface area contributed by atoms with Gasteiger partial charge >= 0.3 is 6.03 Å². The Morgan fingerprint density at radius 2 is 2.38 bits per heavy atom. The molecular formula is C9H16N2O2. The van der Waals surface area contributed by atoms with Crippen LogP contribution in [0.5, 0.6) is 0 Å². The van der Waals surface area contributed by atoms with Crippen molar-refractivity contribution in [3.05, 3.63) is 0 Å². The average molecular weight is 184 g/mol. The Hall–Kier alpha value is -0.770. The number of ether oxygens (including phenoxy) is 1. The number of carbonyl (C=O) groups is 1. The van der Waals surface area contributed by atoms with E-state index in [1.54, 1.807) is 7.11 Å². The Morgan fingerprint density at radius 3 is 2.77 bits per heavy atom. The predicted molar refractivity (Wildman–Crippen MR) is 48.6 cm³/mol. The van der Waals surface area contributed by atoms with Gasteiger partial charge in [0.2, 0.25) is 0 Å². The molecule has 74 valence electrons. The molecule has 1 aliphatic carbocycles. The second kappa shape index (κ2) is 3.18. The molecule has 2 aliphatic rings. The van der Waals surface area contributed by atoms with E-state index in [2.05, 4.69) is 5.32 Å². The molecule has 1 saturated heterocycles. The van der Waals surface area contributed by atoms with Gasteiger partial charge in [-0.3, -0.25) is 0 Å². The minimum absolute atomic E-state index is 0.0231. The first-order chi connectivity index (χ1) is 6.28. The van der Waals surface area contributed by atoms with Crippen molar-refractivity contribution in [1.82, 2.24) is 10.2 Å². The summed E-state index contributed by atoms with van der Waals surface area (Å²) in [5.41, 5.74) is 0.0231. The minimum atomic E-state index is 0.0231. The van der Waals surface area contributed by atoms with E-state index in [4.69, 9.17) is 4.74 Å². The van der Waals surface area contributed by atoms with Crippen LogP contribution >= 0.6 is 0 Å². The number of urea groups is 1. The molecule has 0 aromatic carbocycles. The fourth-order valence-electron chi connectivity index (χ4n) is 2.27. The van der Waals surface area contributed by atoms with Gasteiger partial charge < -0.3 is 15.0 Å². The number of hydrogen-bond acceptors (Lipinski definition) is 2. The summed E-state index contributed by atoms with van der Waals surface area (Å²) in [5, 5.41) is 2.83. The second-order valence-electron chi connectivity index (χ2n) is 3.89. The Labute approximate surface area is 78.2 Å². The van der Waals surface area contributed by atoms with Crippen LogP contribution in [-0.2, 0) is 4.74 Å². The van der Waals surface area contributed by atoms with Gasteiger partial charge in [0, 0.05) is 20.2 Å². The summed E-state index contributed by atoms with van der Waals surface area (Å²) in [4.78, 5) is 13.4. The summed E-state index contributed by atoms with van der Waals surface area (Å²) in [7, 11) is 1.70. The third-order valence-electron chi connectivity index (χ3n) is 3.13. The highest BCUT2D eigenvalue weighted by Crippen LogP contribution is 2.38. The first-order valence-corrected chi connectivity index (χ1v) is 4.83. The van der Waals surface area contributed by atoms with Crippen LogP contribution in [0.1, 0.15) is 19.3 Å². The maximum atomic E-state index is 11.4. The number of rotatable bonds is 3. The van der Waals surface area contributed by atoms with E-state index in [0.29, 0.717) is 6.61 Å². The van der Waals surface area contributed by atoms with Crippen LogP contribution in [0.15, 0.2) is 0 Å². The van der Waals surface area contributed by atoms with Gasteiger partial charge in [0.05, 0.1) is 12.1 Å². The molecule has 0 unspecified atom stereocenters. The lowest BCUT2D eigenvalue weighted by atomic mass is 9.76. The Morgan fingerprint density at radius 1 is 1.62 bits per heavy atom. The van der Waals surface area contributed by atoms with Crippen molar-refractivity contribution in [2.75, 3.05) is 26.8 Å². The SMILES string of the molecule is COCC1(N2CCNC2=O)CCC1. The summed E-state index contributed by atoms with van der Waals surface area (Å²) in [6.45, 7) is 2.30. The van der Waals surface area contributed by atoms with Crippen LogP contribution < -0.4 is 5.32 Å². The zero-order valence-corrected chi connectivity index (χ0v) is 8.01. The topological polar surface area (TPSA) is 41.6 Å². The van der Waals surface area contributed by atoms with Crippen LogP contribution in [0.4, 0.5) is 4.79 Å². The summed E-state index contributed by atoms with van der Waals surface area (Å²) in [6, 6.07) is 0.0803. The molecule has 0 bridgehead atoms. The van der Waals surface area contributed by atoms with E-state index in [1.165, 1.54) is 6.42 Å². The first kappa shape index (κ1) is 8.81. The largest absolute Gasteiger partial charge is 0.382 e. The molecule has 4 heteroatoms. The molecule has 1 aliphatic heterocycles. The van der Waals surface area contributed by atoms with Crippen LogP contribution in [0.25, 0.3) is 0 Å². The van der Waals surface area contributed by atoms with Gasteiger partial charge in [-0.2, -0.15) is 0 Å². The van der Waals surface area contributed by atoms with Crippen molar-refractivity contribution in [2.24, 2.45) is 0 Å². The van der Waals surface area contributed by atoms with Crippen molar-refractivity contribution in [3.8, 4) is 0 Å². The number of methoxy groups -OCH3 is 1. The van der Waals surface area contributed by atoms with Gasteiger partial charge in [-0.25, -0.2) is 4.79 Å². The lowest BCUT2D eigenvalue weighted by Crippen LogP contribution is -2.57. The van der Waals surface area contributed by atoms with Gasteiger partial charge in [-0.15, -0.1) is 0 Å². The zero-order chi connectivity index (χ0) is 9.31. The van der Waals surface area contributed by atoms with E-state index in [0.717, 1.165) is 25.9 Å². The first-order valence-electron chi connectivity index (χ1n) is 4.83. The summed E-state index contributed by atoms with van der Waals surface area (Å²) in [5.74, 6) is 0. The van der Waals surface area contributed by atoms with Gasteiger partial charge in [0.15, 0.2) is 0 Å². The van der Waals surface area contributed by atoms with E-state index >= 15 is 0 Å². The molecule has 13 heavy (non-hydrogen) atoms. The number of hydrogen-bond donors (Lipinski definition) is 1. The molecule has 2 amide bonds. The van der Waals surface area contributed by atoms with Crippen LogP contribution in [0.2, 0.25) is 0 Å². The molecule has 0 atom stereocenters. The quantitative estimate of drug-likeness (QED) is 0.697. The van der Waals surface area contributed by atoms with Gasteiger partial charge in [-0.1, -0.05) is 0 Å². The molecule has 1 saturated carbocycles. The third kappa shape index (κ3) is 1.29. The lowest BCUT2D eigenvalue weighted by Gasteiger charge is -2.47. The van der Waals surface area contributed by atoms with E-state index < -0.39 is 0 Å². The highest BCUT2D eigenvalue weighted by atomic mass is 16.5. The van der Waals surface area contributed by atoms with Crippen molar-refractivity contribution in [3.63, 3.8) is 0 Å². The van der Waals surface area contributed by atoms with Gasteiger partial charge in [0.1, 0.15) is 0 Å². The van der Waals surface area contributed by atoms with Crippen molar-refractivity contribution < 1.29 is 9.53 Å². The van der Waals surface area contributed by atoms with Crippen LogP contribution in [0.3, 0.4) is 0 Å². The Bertz CT molecular complexity index is 214. The molecule has 1 heterocycles. The Balaban J connectivity index is 2.06. The maximum Gasteiger partial charge on any atom is 0.318 e. The lowest BCUT2D eigenvalue weighted by molar-refractivity contribution is -0.00920. The van der Waals surface area contributed by atoms with Crippen molar-refractivity contribution in [2.45, 2.75) is 24.8 Å². The standard InChI is InChI=1S/C9H16N2O2/c1-13-7-9(3-2-4-9)11-6-5-10-8(11)12/h2-7H2,1H3,(H,10,12). The molecular weight excluding hydrogens is 168 g/mol. The molecule has 2 fully saturated rings. The number of nitrogens with zero attached hydrogens (tertiary/aromatic N) is 1. The molecule has 0 aromatic rings. The van der Waals surface area contributed by atoms with Crippen molar-refractivity contribution in [1.29, 1.82) is 0 Å². The van der Waals surface area contributed by atoms with E-state index in [-0.39, 0.29) is 11.6 Å². The summed E-state index contributed by atoms with van der Waals surface area (Å²) in [6.07, 6.45) is 3.40. The molecule has 0 spiro atoms. The fraction of sp³-hybridized carbons (Fsp3) is 0.889. The number of nitrogens with one attached hydrogen (secondary N) is 1. The molecule has 0 aromatic heterocycles. The normalized spacial score (nSPS) is 25.6. The van der Waals surface area contributed by atoms with Gasteiger partial charge in [0.25, 0.3) is 0 Å². The summed E-state index contributed by atoms with van der Waals surface area (Å²) < 4.78 is 5.19. The minimum Gasteiger partial charge on any atom is -0.382 e. The molecule has 1 N–H and O–H groups in total. The second-order valence-corrected chi connectivity index (χ2v) is 3.89. The number of carbonyl (C=O) groups excluding carboxylic acids is 1. The molecule has 0 radical (unpaired) electrons. The maximum absolute atomic E-state index is 11.4. The van der Waals surface area contributed by atoms with E-state index in [1.807, 2.05) is 4.90 Å².